The van der Waals surface area contributed by atoms with Crippen LogP contribution < -0.4 is 14.4 Å². The molecule has 0 radical (unpaired) electrons. The summed E-state index contributed by atoms with van der Waals surface area (Å²) >= 11 is 12.0. The maximum absolute atomic E-state index is 12.6. The lowest BCUT2D eigenvalue weighted by Crippen LogP contribution is -2.32. The predicted molar refractivity (Wildman–Crippen MR) is 116 cm³/mol. The van der Waals surface area contributed by atoms with Crippen LogP contribution in [0.1, 0.15) is 6.42 Å². The minimum absolute atomic E-state index is 0.0698. The van der Waals surface area contributed by atoms with E-state index in [0.29, 0.717) is 54.1 Å². The number of carbonyl (C=O) groups is 1. The number of sulfonamides is 1. The molecule has 156 valence electrons. The van der Waals surface area contributed by atoms with Crippen LogP contribution in [0.4, 0.5) is 16.2 Å². The lowest BCUT2D eigenvalue weighted by Gasteiger charge is -2.19. The van der Waals surface area contributed by atoms with E-state index in [-0.39, 0.29) is 6.03 Å². The second kappa shape index (κ2) is 9.11. The molecule has 1 saturated heterocycles. The van der Waals surface area contributed by atoms with Crippen LogP contribution in [0.15, 0.2) is 42.5 Å². The molecule has 7 nitrogen and oxygen atoms in total. The van der Waals surface area contributed by atoms with Gasteiger partial charge in [-0.05, 0) is 48.9 Å². The summed E-state index contributed by atoms with van der Waals surface area (Å²) in [7, 11) is -3.30. The zero-order valence-electron chi connectivity index (χ0n) is 15.8. The van der Waals surface area contributed by atoms with Gasteiger partial charge in [0.05, 0.1) is 22.9 Å². The molecule has 10 heteroatoms. The topological polar surface area (TPSA) is 79.0 Å². The quantitative estimate of drug-likeness (QED) is 0.605. The summed E-state index contributed by atoms with van der Waals surface area (Å²) in [5, 5.41) is 0.873. The summed E-state index contributed by atoms with van der Waals surface area (Å²) in [6.07, 6.45) is 1.77. The lowest BCUT2D eigenvalue weighted by atomic mass is 10.3. The largest absolute Gasteiger partial charge is 0.494 e. The van der Waals surface area contributed by atoms with Crippen molar-refractivity contribution in [3.8, 4) is 5.75 Å². The Morgan fingerprint density at radius 2 is 1.79 bits per heavy atom. The van der Waals surface area contributed by atoms with Crippen LogP contribution in [0.25, 0.3) is 0 Å². The average Bonchev–Trinajstić information content (AvgIpc) is 3.02. The molecule has 1 aliphatic rings. The fourth-order valence-electron chi connectivity index (χ4n) is 2.96. The maximum Gasteiger partial charge on any atom is 0.324 e. The van der Waals surface area contributed by atoms with Crippen molar-refractivity contribution in [2.45, 2.75) is 6.42 Å². The predicted octanol–water partition coefficient (Wildman–Crippen LogP) is 4.08. The van der Waals surface area contributed by atoms with E-state index >= 15 is 0 Å². The van der Waals surface area contributed by atoms with Crippen molar-refractivity contribution in [3.05, 3.63) is 52.5 Å². The molecule has 0 aliphatic carbocycles. The first-order valence-electron chi connectivity index (χ1n) is 8.95. The van der Waals surface area contributed by atoms with Crippen molar-refractivity contribution < 1.29 is 17.9 Å². The van der Waals surface area contributed by atoms with E-state index in [1.54, 1.807) is 52.3 Å². The Kier molecular flexibility index (Phi) is 6.77. The molecule has 0 unspecified atom stereocenters. The third-order valence-corrected chi connectivity index (χ3v) is 5.65. The Morgan fingerprint density at radius 3 is 2.45 bits per heavy atom. The zero-order valence-corrected chi connectivity index (χ0v) is 18.1. The number of amides is 2. The number of carbonyl (C=O) groups excluding carboxylic acids is 1. The molecule has 2 amide bonds. The van der Waals surface area contributed by atoms with Gasteiger partial charge in [0.25, 0.3) is 0 Å². The maximum atomic E-state index is 12.6. The second-order valence-electron chi connectivity index (χ2n) is 6.62. The van der Waals surface area contributed by atoms with Crippen molar-refractivity contribution in [3.63, 3.8) is 0 Å². The Bertz CT molecular complexity index is 983. The van der Waals surface area contributed by atoms with Crippen molar-refractivity contribution in [2.75, 3.05) is 42.1 Å². The molecule has 1 N–H and O–H groups in total. The number of hydrogen-bond donors (Lipinski definition) is 1. The van der Waals surface area contributed by atoms with Gasteiger partial charge in [-0.3, -0.25) is 9.62 Å². The van der Waals surface area contributed by atoms with Gasteiger partial charge in [0.1, 0.15) is 5.75 Å². The number of nitrogens with one attached hydrogen (secondary N) is 1. The molecular weight excluding hydrogens is 437 g/mol. The first kappa shape index (κ1) is 21.5. The molecule has 1 aliphatic heterocycles. The molecule has 0 bridgehead atoms. The number of nitrogens with zero attached hydrogens (tertiary/aromatic N) is 2. The standard InChI is InChI=1S/C19H21Cl2N3O4S/c1-29(26,27)22-14-3-6-16(7-4-14)28-12-2-9-23-10-11-24(19(23)25)15-5-8-17(20)18(21)13-15/h3-8,13,22H,2,9-12H2,1H3. The minimum Gasteiger partial charge on any atom is -0.494 e. The first-order valence-corrected chi connectivity index (χ1v) is 11.6. The molecule has 0 atom stereocenters. The summed E-state index contributed by atoms with van der Waals surface area (Å²) in [4.78, 5) is 16.0. The van der Waals surface area contributed by atoms with E-state index in [4.69, 9.17) is 27.9 Å². The summed E-state index contributed by atoms with van der Waals surface area (Å²) < 4.78 is 30.5. The van der Waals surface area contributed by atoms with E-state index in [2.05, 4.69) is 4.72 Å². The normalized spacial score (nSPS) is 14.4. The fraction of sp³-hybridized carbons (Fsp3) is 0.316. The molecule has 0 saturated carbocycles. The smallest absolute Gasteiger partial charge is 0.324 e. The van der Waals surface area contributed by atoms with Gasteiger partial charge in [-0.15, -0.1) is 0 Å². The van der Waals surface area contributed by atoms with Gasteiger partial charge in [0.15, 0.2) is 0 Å². The van der Waals surface area contributed by atoms with Gasteiger partial charge in [0.2, 0.25) is 10.0 Å². The highest BCUT2D eigenvalue weighted by Gasteiger charge is 2.29. The number of benzene rings is 2. The average molecular weight is 458 g/mol. The molecule has 0 aromatic heterocycles. The summed E-state index contributed by atoms with van der Waals surface area (Å²) in [5.74, 6) is 0.634. The molecular formula is C19H21Cl2N3O4S. The van der Waals surface area contributed by atoms with Crippen molar-refractivity contribution >= 4 is 50.6 Å². The summed E-state index contributed by atoms with van der Waals surface area (Å²) in [5.41, 5.74) is 1.20. The van der Waals surface area contributed by atoms with Crippen LogP contribution in [-0.4, -0.2) is 51.8 Å². The Hall–Kier alpha value is -2.16. The highest BCUT2D eigenvalue weighted by molar-refractivity contribution is 7.92. The van der Waals surface area contributed by atoms with Crippen LogP contribution in [-0.2, 0) is 10.0 Å². The van der Waals surface area contributed by atoms with Crippen LogP contribution in [0.5, 0.6) is 5.75 Å². The van der Waals surface area contributed by atoms with Crippen LogP contribution in [0.3, 0.4) is 0 Å². The molecule has 3 rings (SSSR count). The Morgan fingerprint density at radius 1 is 1.07 bits per heavy atom. The van der Waals surface area contributed by atoms with Crippen LogP contribution >= 0.6 is 23.2 Å². The number of rotatable bonds is 8. The number of urea groups is 1. The van der Waals surface area contributed by atoms with Gasteiger partial charge in [-0.1, -0.05) is 23.2 Å². The number of hydrogen-bond acceptors (Lipinski definition) is 4. The van der Waals surface area contributed by atoms with Crippen LogP contribution in [0, 0.1) is 0 Å². The number of ether oxygens (including phenoxy) is 1. The third-order valence-electron chi connectivity index (χ3n) is 4.31. The molecule has 2 aromatic rings. The van der Waals surface area contributed by atoms with E-state index < -0.39 is 10.0 Å². The monoisotopic (exact) mass is 457 g/mol. The van der Waals surface area contributed by atoms with Gasteiger partial charge >= 0.3 is 6.03 Å². The van der Waals surface area contributed by atoms with Gasteiger partial charge in [0, 0.05) is 31.0 Å². The van der Waals surface area contributed by atoms with E-state index in [9.17, 15) is 13.2 Å². The fourth-order valence-corrected chi connectivity index (χ4v) is 3.82. The van der Waals surface area contributed by atoms with E-state index in [1.807, 2.05) is 0 Å². The Labute approximate surface area is 180 Å². The SMILES string of the molecule is CS(=O)(=O)Nc1ccc(OCCCN2CCN(c3ccc(Cl)c(Cl)c3)C2=O)cc1. The first-order chi connectivity index (χ1) is 13.7. The van der Waals surface area contributed by atoms with Crippen molar-refractivity contribution in [2.24, 2.45) is 0 Å². The number of halogens is 2. The lowest BCUT2D eigenvalue weighted by molar-refractivity contribution is 0.214. The molecule has 2 aromatic carbocycles. The molecule has 0 spiro atoms. The number of anilines is 2. The highest BCUT2D eigenvalue weighted by Crippen LogP contribution is 2.29. The Balaban J connectivity index is 1.45. The van der Waals surface area contributed by atoms with Gasteiger partial charge < -0.3 is 9.64 Å². The van der Waals surface area contributed by atoms with Crippen molar-refractivity contribution in [1.82, 2.24) is 4.90 Å². The minimum atomic E-state index is -3.30. The molecule has 29 heavy (non-hydrogen) atoms. The van der Waals surface area contributed by atoms with Crippen LogP contribution in [0.2, 0.25) is 10.0 Å². The highest BCUT2D eigenvalue weighted by atomic mass is 35.5. The van der Waals surface area contributed by atoms with Gasteiger partial charge in [-0.2, -0.15) is 0 Å². The van der Waals surface area contributed by atoms with E-state index in [0.717, 1.165) is 11.9 Å². The van der Waals surface area contributed by atoms with Crippen molar-refractivity contribution in [1.29, 1.82) is 0 Å². The molecule has 1 fully saturated rings. The third kappa shape index (κ3) is 5.91. The zero-order chi connectivity index (χ0) is 21.0. The summed E-state index contributed by atoms with van der Waals surface area (Å²) in [6.45, 7) is 2.23. The van der Waals surface area contributed by atoms with Gasteiger partial charge in [-0.25, -0.2) is 13.2 Å². The molecule has 1 heterocycles. The summed E-state index contributed by atoms with van der Waals surface area (Å²) in [6, 6.07) is 11.7. The van der Waals surface area contributed by atoms with E-state index in [1.165, 1.54) is 0 Å². The second-order valence-corrected chi connectivity index (χ2v) is 9.18.